The van der Waals surface area contributed by atoms with Gasteiger partial charge in [0.1, 0.15) is 23.8 Å². The molecule has 0 aliphatic carbocycles. The highest BCUT2D eigenvalue weighted by molar-refractivity contribution is 6.34. The molecule has 2 aliphatic heterocycles. The van der Waals surface area contributed by atoms with Crippen LogP contribution in [0.15, 0.2) is 48.5 Å². The molecule has 0 spiro atoms. The van der Waals surface area contributed by atoms with Gasteiger partial charge in [-0.3, -0.25) is 4.79 Å². The molecule has 1 amide bonds. The highest BCUT2D eigenvalue weighted by Crippen LogP contribution is 2.50. The van der Waals surface area contributed by atoms with E-state index >= 15 is 4.39 Å². The van der Waals surface area contributed by atoms with Crippen LogP contribution in [0.4, 0.5) is 8.78 Å². The normalized spacial score (nSPS) is 23.2. The first-order chi connectivity index (χ1) is 19.4. The largest absolute Gasteiger partial charge is 0.488 e. The third-order valence-electron chi connectivity index (χ3n) is 7.22. The summed E-state index contributed by atoms with van der Waals surface area (Å²) in [6.45, 7) is 5.48. The fourth-order valence-corrected chi connectivity index (χ4v) is 5.73. The number of ether oxygens (including phenoxy) is 3. The maximum Gasteiger partial charge on any atom is 0.249 e. The molecule has 7 nitrogen and oxygen atoms in total. The Morgan fingerprint density at radius 1 is 1.12 bits per heavy atom. The van der Waals surface area contributed by atoms with Gasteiger partial charge in [0.25, 0.3) is 0 Å². The number of rotatable bonds is 6. The number of halogens is 3. The molecule has 3 aromatic carbocycles. The Morgan fingerprint density at radius 3 is 2.37 bits per heavy atom. The molecule has 10 heteroatoms. The van der Waals surface area contributed by atoms with Crippen LogP contribution in [-0.4, -0.2) is 42.5 Å². The smallest absolute Gasteiger partial charge is 0.249 e. The van der Waals surface area contributed by atoms with Gasteiger partial charge in [-0.2, -0.15) is 0 Å². The summed E-state index contributed by atoms with van der Waals surface area (Å²) in [5.41, 5.74) is 11.2. The number of hydrogen-bond donors (Lipinski definition) is 3. The lowest BCUT2D eigenvalue weighted by Gasteiger charge is -2.29. The molecule has 0 radical (unpaired) electrons. The Bertz CT molecular complexity index is 1380. The van der Waals surface area contributed by atoms with Crippen molar-refractivity contribution in [3.8, 4) is 22.6 Å². The number of hydrogen-bond acceptors (Lipinski definition) is 6. The molecule has 0 aromatic heterocycles. The predicted molar refractivity (Wildman–Crippen MR) is 153 cm³/mol. The van der Waals surface area contributed by atoms with Crippen molar-refractivity contribution in [3.63, 3.8) is 0 Å². The minimum Gasteiger partial charge on any atom is -0.488 e. The van der Waals surface area contributed by atoms with Crippen molar-refractivity contribution < 1.29 is 32.9 Å². The zero-order valence-electron chi connectivity index (χ0n) is 23.3. The van der Waals surface area contributed by atoms with Gasteiger partial charge in [-0.25, -0.2) is 8.78 Å². The van der Waals surface area contributed by atoms with Crippen molar-refractivity contribution >= 4 is 17.5 Å². The van der Waals surface area contributed by atoms with E-state index in [1.165, 1.54) is 12.1 Å². The van der Waals surface area contributed by atoms with Crippen molar-refractivity contribution in [2.24, 2.45) is 11.5 Å². The number of benzene rings is 3. The summed E-state index contributed by atoms with van der Waals surface area (Å²) in [5, 5.41) is 8.66. The first kappa shape index (κ1) is 30.7. The van der Waals surface area contributed by atoms with E-state index in [-0.39, 0.29) is 52.8 Å². The molecule has 0 saturated carbocycles. The number of amides is 1. The molecular formula is C31H35ClF2N2O5. The molecule has 0 bridgehead atoms. The average Bonchev–Trinajstić information content (AvgIpc) is 3.25. The third kappa shape index (κ3) is 6.64. The van der Waals surface area contributed by atoms with Crippen LogP contribution in [0.25, 0.3) is 11.1 Å². The van der Waals surface area contributed by atoms with Crippen molar-refractivity contribution in [1.82, 2.24) is 0 Å². The minimum atomic E-state index is -0.933. The van der Waals surface area contributed by atoms with E-state index in [0.29, 0.717) is 23.8 Å². The molecule has 3 atom stereocenters. The van der Waals surface area contributed by atoms with Crippen molar-refractivity contribution in [2.75, 3.05) is 13.2 Å². The molecule has 2 heterocycles. The van der Waals surface area contributed by atoms with Gasteiger partial charge in [-0.1, -0.05) is 41.9 Å². The van der Waals surface area contributed by atoms with Crippen LogP contribution in [0, 0.1) is 11.6 Å². The van der Waals surface area contributed by atoms with Crippen LogP contribution in [-0.2, 0) is 16.8 Å². The number of primary amides is 1. The zero-order chi connectivity index (χ0) is 29.9. The highest BCUT2D eigenvalue weighted by Gasteiger charge is 2.40. The number of aliphatic hydroxyl groups is 1. The van der Waals surface area contributed by atoms with E-state index in [0.717, 1.165) is 24.5 Å². The summed E-state index contributed by atoms with van der Waals surface area (Å²) >= 11 is 6.33. The first-order valence-electron chi connectivity index (χ1n) is 13.5. The van der Waals surface area contributed by atoms with Crippen molar-refractivity contribution in [2.45, 2.75) is 63.9 Å². The highest BCUT2D eigenvalue weighted by atomic mass is 35.5. The zero-order valence-corrected chi connectivity index (χ0v) is 24.0. The topological polar surface area (TPSA) is 117 Å². The van der Waals surface area contributed by atoms with E-state index in [1.807, 2.05) is 37.3 Å². The summed E-state index contributed by atoms with van der Waals surface area (Å²) in [7, 11) is 0. The van der Waals surface area contributed by atoms with E-state index < -0.39 is 23.1 Å². The molecule has 1 saturated heterocycles. The predicted octanol–water partition coefficient (Wildman–Crippen LogP) is 5.51. The van der Waals surface area contributed by atoms with E-state index in [2.05, 4.69) is 13.8 Å². The van der Waals surface area contributed by atoms with Gasteiger partial charge in [0.05, 0.1) is 29.4 Å². The Balaban J connectivity index is 0.000000367. The van der Waals surface area contributed by atoms with Crippen LogP contribution in [0.3, 0.4) is 0 Å². The molecular weight excluding hydrogens is 554 g/mol. The molecule has 2 aliphatic rings. The van der Waals surface area contributed by atoms with Crippen LogP contribution in [0.5, 0.6) is 11.5 Å². The maximum atomic E-state index is 15.6. The molecule has 220 valence electrons. The monoisotopic (exact) mass is 588 g/mol. The lowest BCUT2D eigenvalue weighted by Crippen LogP contribution is -2.37. The second-order valence-corrected chi connectivity index (χ2v) is 11.0. The molecule has 3 aromatic rings. The number of nitrogens with two attached hydrogens (primary N) is 2. The lowest BCUT2D eigenvalue weighted by molar-refractivity contribution is -0.0365. The molecule has 41 heavy (non-hydrogen) atoms. The fourth-order valence-electron chi connectivity index (χ4n) is 5.47. The number of carbonyl (C=O) groups excluding carboxylic acids is 1. The van der Waals surface area contributed by atoms with Gasteiger partial charge < -0.3 is 30.8 Å². The number of fused-ring (bicyclic) bond motifs is 1. The summed E-state index contributed by atoms with van der Waals surface area (Å²) in [6.07, 6.45) is 3.02. The van der Waals surface area contributed by atoms with Crippen LogP contribution in [0.2, 0.25) is 5.02 Å². The standard InChI is InChI=1S/C24H20ClF2NO4.C7H15NO/c1-24(13-5-3-2-4-6-13)12-15-18(32-24)11-16(26)21(25)19(15)20-14(23(28)30)7-8-17(22(20)27)31-10-9-29;1-5-3-7(8)4-6(2)9-5/h2-8,11,29H,9-10,12H2,1H3,(H2,28,30);5-7H,3-4,8H2,1-2H3/t24-;/m0./s1. The van der Waals surface area contributed by atoms with Gasteiger partial charge in [0, 0.05) is 35.2 Å². The Morgan fingerprint density at radius 2 is 1.78 bits per heavy atom. The molecule has 2 unspecified atom stereocenters. The van der Waals surface area contributed by atoms with Crippen LogP contribution in [0.1, 0.15) is 55.1 Å². The van der Waals surface area contributed by atoms with Crippen molar-refractivity contribution in [3.05, 3.63) is 81.9 Å². The summed E-state index contributed by atoms with van der Waals surface area (Å²) in [4.78, 5) is 12.1. The second kappa shape index (κ2) is 12.7. The maximum absolute atomic E-state index is 15.6. The minimum absolute atomic E-state index is 0.0120. The average molecular weight is 589 g/mol. The SMILES string of the molecule is CC1CC(N)CC(C)O1.C[C@@]1(c2ccccc2)Cc2c(cc(F)c(Cl)c2-c2c(C(N)=O)ccc(OCCO)c2F)O1. The molecule has 5 rings (SSSR count). The summed E-state index contributed by atoms with van der Waals surface area (Å²) in [6, 6.07) is 13.4. The van der Waals surface area contributed by atoms with Gasteiger partial charge in [-0.05, 0) is 51.3 Å². The Kier molecular flexibility index (Phi) is 9.54. The number of carbonyl (C=O) groups is 1. The third-order valence-corrected chi connectivity index (χ3v) is 7.59. The van der Waals surface area contributed by atoms with Gasteiger partial charge in [-0.15, -0.1) is 0 Å². The molecule has 1 fully saturated rings. The van der Waals surface area contributed by atoms with Gasteiger partial charge >= 0.3 is 0 Å². The summed E-state index contributed by atoms with van der Waals surface area (Å²) < 4.78 is 47.2. The Labute approximate surface area is 243 Å². The number of aliphatic hydroxyl groups excluding tert-OH is 1. The first-order valence-corrected chi connectivity index (χ1v) is 13.9. The second-order valence-electron chi connectivity index (χ2n) is 10.6. The van der Waals surface area contributed by atoms with E-state index in [1.54, 1.807) is 0 Å². The van der Waals surface area contributed by atoms with Gasteiger partial charge in [0.2, 0.25) is 5.91 Å². The van der Waals surface area contributed by atoms with Gasteiger partial charge in [0.15, 0.2) is 11.6 Å². The quantitative estimate of drug-likeness (QED) is 0.350. The summed E-state index contributed by atoms with van der Waals surface area (Å²) in [5.74, 6) is -2.69. The van der Waals surface area contributed by atoms with E-state index in [9.17, 15) is 9.18 Å². The lowest BCUT2D eigenvalue weighted by atomic mass is 9.86. The molecule has 5 N–H and O–H groups in total. The van der Waals surface area contributed by atoms with Crippen LogP contribution < -0.4 is 20.9 Å². The fraction of sp³-hybridized carbons (Fsp3) is 0.387. The van der Waals surface area contributed by atoms with Crippen LogP contribution >= 0.6 is 11.6 Å². The van der Waals surface area contributed by atoms with Crippen molar-refractivity contribution in [1.29, 1.82) is 0 Å². The Hall–Kier alpha value is -3.24. The van der Waals surface area contributed by atoms with E-state index in [4.69, 9.17) is 42.4 Å².